The minimum Gasteiger partial charge on any atom is -0.380 e. The fraction of sp³-hybridized carbons (Fsp3) is 0.667. The minimum atomic E-state index is -0.207. The lowest BCUT2D eigenvalue weighted by molar-refractivity contribution is -0.124. The maximum atomic E-state index is 12.3. The highest BCUT2D eigenvalue weighted by Crippen LogP contribution is 2.55. The van der Waals surface area contributed by atoms with Gasteiger partial charge in [0.1, 0.15) is 5.04 Å². The Balaban J connectivity index is 0.000000489. The van der Waals surface area contributed by atoms with E-state index in [4.69, 9.17) is 10.5 Å². The third-order valence-electron chi connectivity index (χ3n) is 8.79. The number of carbonyl (C=O) groups excluding carboxylic acids is 3. The number of ether oxygens (including phenoxy) is 1. The van der Waals surface area contributed by atoms with Crippen LogP contribution in [0.3, 0.4) is 0 Å². The highest BCUT2D eigenvalue weighted by Gasteiger charge is 2.48. The van der Waals surface area contributed by atoms with Crippen LogP contribution < -0.4 is 16.4 Å². The maximum absolute atomic E-state index is 12.3. The Morgan fingerprint density at radius 1 is 1.07 bits per heavy atom. The molecule has 4 N–H and O–H groups in total. The summed E-state index contributed by atoms with van der Waals surface area (Å²) in [5.41, 5.74) is 8.27. The van der Waals surface area contributed by atoms with Crippen LogP contribution in [0.15, 0.2) is 34.5 Å². The van der Waals surface area contributed by atoms with Crippen molar-refractivity contribution in [3.8, 4) is 0 Å². The lowest BCUT2D eigenvalue weighted by atomic mass is 9.54. The van der Waals surface area contributed by atoms with Crippen LogP contribution in [-0.4, -0.2) is 60.5 Å². The lowest BCUT2D eigenvalue weighted by Crippen LogP contribution is -2.53. The number of rotatable bonds is 15. The second-order valence-electron chi connectivity index (χ2n) is 12.9. The van der Waals surface area contributed by atoms with Gasteiger partial charge >= 0.3 is 0 Å². The number of nitrogens with two attached hydrogens (primary N) is 1. The first kappa shape index (κ1) is 34.8. The molecule has 238 valence electrons. The van der Waals surface area contributed by atoms with Gasteiger partial charge in [-0.25, -0.2) is 0 Å². The zero-order chi connectivity index (χ0) is 31.3. The second kappa shape index (κ2) is 16.9. The van der Waals surface area contributed by atoms with Gasteiger partial charge in [-0.05, 0) is 73.3 Å². The van der Waals surface area contributed by atoms with E-state index in [-0.39, 0.29) is 23.1 Å². The smallest absolute Gasteiger partial charge is 0.251 e. The molecule has 0 atom stereocenters. The lowest BCUT2D eigenvalue weighted by Gasteiger charge is -2.54. The van der Waals surface area contributed by atoms with Crippen molar-refractivity contribution in [2.24, 2.45) is 26.8 Å². The molecule has 2 fully saturated rings. The van der Waals surface area contributed by atoms with Crippen LogP contribution in [0, 0.1) is 10.8 Å². The maximum Gasteiger partial charge on any atom is 0.251 e. The van der Waals surface area contributed by atoms with Crippen LogP contribution >= 0.6 is 11.8 Å². The molecule has 0 radical (unpaired) electrons. The predicted octanol–water partition coefficient (Wildman–Crippen LogP) is 5.61. The highest BCUT2D eigenvalue weighted by atomic mass is 32.2. The van der Waals surface area contributed by atoms with Gasteiger partial charge in [0.2, 0.25) is 11.8 Å². The third-order valence-corrected chi connectivity index (χ3v) is 9.49. The monoisotopic (exact) mass is 613 g/mol. The van der Waals surface area contributed by atoms with Crippen LogP contribution in [0.25, 0.3) is 0 Å². The average molecular weight is 614 g/mol. The van der Waals surface area contributed by atoms with Crippen molar-refractivity contribution in [2.75, 3.05) is 26.0 Å². The minimum absolute atomic E-state index is 0.0891. The Morgan fingerprint density at radius 3 is 2.35 bits per heavy atom. The number of benzene rings is 1. The molecule has 3 amide bonds. The fourth-order valence-corrected chi connectivity index (χ4v) is 6.00. The van der Waals surface area contributed by atoms with Crippen molar-refractivity contribution in [1.29, 1.82) is 0 Å². The summed E-state index contributed by atoms with van der Waals surface area (Å²) in [7, 11) is 0. The van der Waals surface area contributed by atoms with Gasteiger partial charge in [0.15, 0.2) is 0 Å². The van der Waals surface area contributed by atoms with Crippen molar-refractivity contribution in [3.63, 3.8) is 0 Å². The Morgan fingerprint density at radius 2 is 1.79 bits per heavy atom. The molecule has 2 saturated carbocycles. The first-order valence-corrected chi connectivity index (χ1v) is 17.0. The molecule has 1 aromatic rings. The van der Waals surface area contributed by atoms with Crippen molar-refractivity contribution >= 4 is 40.2 Å². The summed E-state index contributed by atoms with van der Waals surface area (Å²) < 4.78 is 5.62. The van der Waals surface area contributed by atoms with Crippen molar-refractivity contribution < 1.29 is 19.1 Å². The number of amides is 3. The molecule has 0 aromatic heterocycles. The van der Waals surface area contributed by atoms with Crippen molar-refractivity contribution in [3.05, 3.63) is 35.4 Å². The zero-order valence-corrected chi connectivity index (χ0v) is 27.3. The second-order valence-corrected chi connectivity index (χ2v) is 13.7. The van der Waals surface area contributed by atoms with Crippen LogP contribution in [0.5, 0.6) is 0 Å². The molecule has 2 aliphatic carbocycles. The van der Waals surface area contributed by atoms with Crippen LogP contribution in [0.4, 0.5) is 0 Å². The summed E-state index contributed by atoms with van der Waals surface area (Å²) >= 11 is 1.61. The molecular weight excluding hydrogens is 562 g/mol. The van der Waals surface area contributed by atoms with Crippen molar-refractivity contribution in [1.82, 2.24) is 10.6 Å². The van der Waals surface area contributed by atoms with E-state index in [1.165, 1.54) is 32.1 Å². The third kappa shape index (κ3) is 11.7. The van der Waals surface area contributed by atoms with Gasteiger partial charge in [-0.2, -0.15) is 5.10 Å². The summed E-state index contributed by atoms with van der Waals surface area (Å²) in [4.78, 5) is 34.7. The Bertz CT molecular complexity index is 1140. The van der Waals surface area contributed by atoms with Crippen LogP contribution in [0.2, 0.25) is 0 Å². The first-order valence-electron chi connectivity index (χ1n) is 15.8. The molecule has 4 rings (SSSR count). The van der Waals surface area contributed by atoms with E-state index in [0.29, 0.717) is 49.6 Å². The summed E-state index contributed by atoms with van der Waals surface area (Å²) in [6.07, 6.45) is 14.1. The van der Waals surface area contributed by atoms with Crippen LogP contribution in [-0.2, 0) is 14.3 Å². The fourth-order valence-electron chi connectivity index (χ4n) is 5.59. The topological polar surface area (TPSA) is 135 Å². The largest absolute Gasteiger partial charge is 0.380 e. The number of nitrogens with zero attached hydrogens (tertiary/aromatic N) is 2. The number of carbonyl (C=O) groups is 3. The number of hydrogen-bond donors (Lipinski definition) is 3. The van der Waals surface area contributed by atoms with E-state index >= 15 is 0 Å². The van der Waals surface area contributed by atoms with E-state index in [9.17, 15) is 14.4 Å². The molecule has 1 aliphatic heterocycles. The normalized spacial score (nSPS) is 17.1. The number of thioether (sulfide) groups is 1. The summed E-state index contributed by atoms with van der Waals surface area (Å²) in [5, 5.41) is 15.4. The van der Waals surface area contributed by atoms with E-state index in [1.54, 1.807) is 11.8 Å². The quantitative estimate of drug-likeness (QED) is 0.221. The molecular formula is C33H51N5O4S. The molecule has 0 unspecified atom stereocenters. The van der Waals surface area contributed by atoms with E-state index < -0.39 is 0 Å². The van der Waals surface area contributed by atoms with E-state index in [2.05, 4.69) is 27.8 Å². The van der Waals surface area contributed by atoms with Gasteiger partial charge in [0, 0.05) is 44.0 Å². The van der Waals surface area contributed by atoms with Gasteiger partial charge in [0.05, 0.1) is 12.3 Å². The van der Waals surface area contributed by atoms with E-state index in [1.807, 2.05) is 44.4 Å². The van der Waals surface area contributed by atoms with E-state index in [0.717, 1.165) is 48.4 Å². The Hall–Kier alpha value is -2.72. The average Bonchev–Trinajstić information content (AvgIpc) is 3.42. The molecule has 43 heavy (non-hydrogen) atoms. The highest BCUT2D eigenvalue weighted by molar-refractivity contribution is 8.13. The zero-order valence-electron chi connectivity index (χ0n) is 26.5. The molecule has 9 nitrogen and oxygen atoms in total. The molecule has 0 bridgehead atoms. The van der Waals surface area contributed by atoms with Crippen LogP contribution in [0.1, 0.15) is 114 Å². The van der Waals surface area contributed by atoms with Gasteiger partial charge in [-0.15, -0.1) is 16.9 Å². The first-order chi connectivity index (χ1) is 20.5. The van der Waals surface area contributed by atoms with Gasteiger partial charge in [0.25, 0.3) is 5.91 Å². The number of unbranched alkanes of at least 4 members (excludes halogenated alkanes) is 2. The number of nitrogens with one attached hydrogen (secondary N) is 2. The van der Waals surface area contributed by atoms with Gasteiger partial charge in [-0.1, -0.05) is 52.2 Å². The van der Waals surface area contributed by atoms with Gasteiger partial charge in [-0.3, -0.25) is 14.4 Å². The molecule has 1 heterocycles. The Kier molecular flexibility index (Phi) is 13.7. The standard InChI is InChI=1S/C26H36N4O3S.C7H15NO/c1-34-24-16-22(29-30-24)19-7-9-20(10-8-19)25(32)27-13-15-33-14-4-2-3-6-23(31)28-21-17-26(18-21)11-5-12-26;1-4-7(2,3)5-6(8)9/h7-10,21H,2-6,11-18H2,1H3,(H,27,32)(H,28,31);4-5H2,1-3H3,(H2,8,9). The number of primary amides is 1. The molecule has 1 spiro atoms. The molecule has 10 heteroatoms. The molecule has 1 aromatic carbocycles. The summed E-state index contributed by atoms with van der Waals surface area (Å²) in [5.74, 6) is -0.114. The number of hydrogen-bond acceptors (Lipinski definition) is 7. The van der Waals surface area contributed by atoms with Crippen molar-refractivity contribution in [2.45, 2.75) is 104 Å². The SMILES string of the molecule is CCC(C)(C)CC(N)=O.CSC1=NN=C(c2ccc(C(=O)NCCOCCCCCC(=O)NC3CC4(CCC4)C3)cc2)C1. The molecule has 0 saturated heterocycles. The summed E-state index contributed by atoms with van der Waals surface area (Å²) in [6, 6.07) is 7.89. The predicted molar refractivity (Wildman–Crippen MR) is 175 cm³/mol. The van der Waals surface area contributed by atoms with Gasteiger partial charge < -0.3 is 21.1 Å². The molecule has 3 aliphatic rings. The summed E-state index contributed by atoms with van der Waals surface area (Å²) in [6.45, 7) is 7.75. The Labute approximate surface area is 261 Å².